The number of halogens is 1. The second kappa shape index (κ2) is 7.25. The van der Waals surface area contributed by atoms with Gasteiger partial charge in [-0.2, -0.15) is 0 Å². The van der Waals surface area contributed by atoms with Crippen LogP contribution in [0, 0.1) is 0 Å². The van der Waals surface area contributed by atoms with E-state index in [0.29, 0.717) is 11.6 Å². The minimum atomic E-state index is -0.0378. The SMILES string of the molecule is CN(C)C1(CNCC(=O)Nc2cccc(Cl)c2)CCCC1. The van der Waals surface area contributed by atoms with Gasteiger partial charge in [0, 0.05) is 22.8 Å². The molecule has 1 aliphatic rings. The number of hydrogen-bond acceptors (Lipinski definition) is 3. The summed E-state index contributed by atoms with van der Waals surface area (Å²) >= 11 is 5.90. The van der Waals surface area contributed by atoms with Crippen LogP contribution in [-0.2, 0) is 4.79 Å². The summed E-state index contributed by atoms with van der Waals surface area (Å²) in [5, 5.41) is 6.77. The fourth-order valence-corrected chi connectivity index (χ4v) is 3.19. The molecule has 2 rings (SSSR count). The third-order valence-corrected chi connectivity index (χ3v) is 4.57. The maximum atomic E-state index is 11.9. The number of hydrogen-bond donors (Lipinski definition) is 2. The number of nitrogens with zero attached hydrogens (tertiary/aromatic N) is 1. The number of benzene rings is 1. The molecule has 1 aromatic carbocycles. The highest BCUT2D eigenvalue weighted by molar-refractivity contribution is 6.30. The molecule has 1 saturated carbocycles. The molecule has 0 saturated heterocycles. The second-order valence-electron chi connectivity index (χ2n) is 5.99. The van der Waals surface area contributed by atoms with E-state index in [1.54, 1.807) is 12.1 Å². The molecule has 0 aromatic heterocycles. The summed E-state index contributed by atoms with van der Waals surface area (Å²) in [6, 6.07) is 7.20. The van der Waals surface area contributed by atoms with E-state index in [1.807, 2.05) is 12.1 Å². The molecule has 5 heteroatoms. The maximum Gasteiger partial charge on any atom is 0.238 e. The second-order valence-corrected chi connectivity index (χ2v) is 6.42. The summed E-state index contributed by atoms with van der Waals surface area (Å²) in [7, 11) is 4.25. The van der Waals surface area contributed by atoms with E-state index in [2.05, 4.69) is 29.6 Å². The molecular formula is C16H24ClN3O. The van der Waals surface area contributed by atoms with E-state index in [9.17, 15) is 4.79 Å². The summed E-state index contributed by atoms with van der Waals surface area (Å²) in [5.74, 6) is -0.0378. The molecule has 4 nitrogen and oxygen atoms in total. The Morgan fingerprint density at radius 2 is 2.05 bits per heavy atom. The van der Waals surface area contributed by atoms with Crippen molar-refractivity contribution in [2.45, 2.75) is 31.2 Å². The van der Waals surface area contributed by atoms with Gasteiger partial charge in [-0.1, -0.05) is 30.5 Å². The maximum absolute atomic E-state index is 11.9. The van der Waals surface area contributed by atoms with Gasteiger partial charge >= 0.3 is 0 Å². The average molecular weight is 310 g/mol. The van der Waals surface area contributed by atoms with Crippen LogP contribution in [0.15, 0.2) is 24.3 Å². The van der Waals surface area contributed by atoms with Gasteiger partial charge in [0.15, 0.2) is 0 Å². The molecule has 21 heavy (non-hydrogen) atoms. The predicted octanol–water partition coefficient (Wildman–Crippen LogP) is 2.74. The number of likely N-dealkylation sites (N-methyl/N-ethyl adjacent to an activating group) is 1. The quantitative estimate of drug-likeness (QED) is 0.849. The first kappa shape index (κ1) is 16.3. The van der Waals surface area contributed by atoms with Crippen LogP contribution < -0.4 is 10.6 Å². The Balaban J connectivity index is 1.79. The van der Waals surface area contributed by atoms with E-state index >= 15 is 0 Å². The zero-order valence-electron chi connectivity index (χ0n) is 12.8. The lowest BCUT2D eigenvalue weighted by Crippen LogP contribution is -2.50. The van der Waals surface area contributed by atoms with Gasteiger partial charge in [0.25, 0.3) is 0 Å². The first-order valence-corrected chi connectivity index (χ1v) is 7.83. The highest BCUT2D eigenvalue weighted by atomic mass is 35.5. The molecule has 2 N–H and O–H groups in total. The van der Waals surface area contributed by atoms with Crippen LogP contribution in [0.4, 0.5) is 5.69 Å². The van der Waals surface area contributed by atoms with Gasteiger partial charge in [0.05, 0.1) is 6.54 Å². The Morgan fingerprint density at radius 1 is 1.33 bits per heavy atom. The first-order chi connectivity index (χ1) is 10.0. The third-order valence-electron chi connectivity index (χ3n) is 4.33. The molecule has 1 aliphatic carbocycles. The minimum absolute atomic E-state index is 0.0378. The van der Waals surface area contributed by atoms with Crippen molar-refractivity contribution in [1.82, 2.24) is 10.2 Å². The fourth-order valence-electron chi connectivity index (χ4n) is 3.00. The van der Waals surface area contributed by atoms with Crippen LogP contribution in [-0.4, -0.2) is 43.5 Å². The molecule has 116 valence electrons. The summed E-state index contributed by atoms with van der Waals surface area (Å²) in [6.45, 7) is 1.17. The van der Waals surface area contributed by atoms with Crippen LogP contribution in [0.3, 0.4) is 0 Å². The van der Waals surface area contributed by atoms with Crippen molar-refractivity contribution in [2.24, 2.45) is 0 Å². The van der Waals surface area contributed by atoms with Crippen LogP contribution >= 0.6 is 11.6 Å². The fraction of sp³-hybridized carbons (Fsp3) is 0.562. The highest BCUT2D eigenvalue weighted by Crippen LogP contribution is 2.32. The largest absolute Gasteiger partial charge is 0.325 e. The topological polar surface area (TPSA) is 44.4 Å². The van der Waals surface area contributed by atoms with E-state index in [0.717, 1.165) is 12.2 Å². The molecule has 0 radical (unpaired) electrons. The van der Waals surface area contributed by atoms with Gasteiger partial charge in [0.2, 0.25) is 5.91 Å². The van der Waals surface area contributed by atoms with Crippen molar-refractivity contribution in [2.75, 3.05) is 32.5 Å². The van der Waals surface area contributed by atoms with Gasteiger partial charge in [-0.05, 0) is 45.1 Å². The minimum Gasteiger partial charge on any atom is -0.325 e. The zero-order valence-corrected chi connectivity index (χ0v) is 13.5. The molecule has 0 bridgehead atoms. The Hall–Kier alpha value is -1.10. The van der Waals surface area contributed by atoms with E-state index in [-0.39, 0.29) is 11.4 Å². The lowest BCUT2D eigenvalue weighted by Gasteiger charge is -2.36. The monoisotopic (exact) mass is 309 g/mol. The number of anilines is 1. The van der Waals surface area contributed by atoms with Crippen molar-refractivity contribution in [3.63, 3.8) is 0 Å². The molecule has 0 aliphatic heterocycles. The Bertz CT molecular complexity index is 484. The molecule has 0 unspecified atom stereocenters. The predicted molar refractivity (Wildman–Crippen MR) is 87.8 cm³/mol. The smallest absolute Gasteiger partial charge is 0.238 e. The van der Waals surface area contributed by atoms with Crippen LogP contribution in [0.2, 0.25) is 5.02 Å². The third kappa shape index (κ3) is 4.43. The standard InChI is InChI=1S/C16H24ClN3O/c1-20(2)16(8-3-4-9-16)12-18-11-15(21)19-14-7-5-6-13(17)10-14/h5-7,10,18H,3-4,8-9,11-12H2,1-2H3,(H,19,21). The Morgan fingerprint density at radius 3 is 2.67 bits per heavy atom. The van der Waals surface area contributed by atoms with Crippen molar-refractivity contribution < 1.29 is 4.79 Å². The Kier molecular flexibility index (Phi) is 5.62. The number of rotatable bonds is 6. The van der Waals surface area contributed by atoms with Gasteiger partial charge < -0.3 is 15.5 Å². The average Bonchev–Trinajstić information content (AvgIpc) is 2.89. The highest BCUT2D eigenvalue weighted by Gasteiger charge is 2.35. The zero-order chi connectivity index (χ0) is 15.3. The van der Waals surface area contributed by atoms with E-state index < -0.39 is 0 Å². The number of amides is 1. The van der Waals surface area contributed by atoms with Crippen molar-refractivity contribution >= 4 is 23.2 Å². The van der Waals surface area contributed by atoms with Gasteiger partial charge in [0.1, 0.15) is 0 Å². The summed E-state index contributed by atoms with van der Waals surface area (Å²) in [4.78, 5) is 14.2. The summed E-state index contributed by atoms with van der Waals surface area (Å²) in [6.07, 6.45) is 4.94. The van der Waals surface area contributed by atoms with E-state index in [1.165, 1.54) is 25.7 Å². The number of nitrogens with one attached hydrogen (secondary N) is 2. The van der Waals surface area contributed by atoms with Crippen LogP contribution in [0.1, 0.15) is 25.7 Å². The Labute approximate surface area is 131 Å². The van der Waals surface area contributed by atoms with Gasteiger partial charge in [-0.15, -0.1) is 0 Å². The number of carbonyl (C=O) groups is 1. The van der Waals surface area contributed by atoms with Crippen molar-refractivity contribution in [3.05, 3.63) is 29.3 Å². The van der Waals surface area contributed by atoms with Gasteiger partial charge in [-0.3, -0.25) is 4.79 Å². The van der Waals surface area contributed by atoms with Crippen molar-refractivity contribution in [1.29, 1.82) is 0 Å². The van der Waals surface area contributed by atoms with Crippen LogP contribution in [0.5, 0.6) is 0 Å². The van der Waals surface area contributed by atoms with Crippen molar-refractivity contribution in [3.8, 4) is 0 Å². The molecule has 0 spiro atoms. The van der Waals surface area contributed by atoms with E-state index in [4.69, 9.17) is 11.6 Å². The first-order valence-electron chi connectivity index (χ1n) is 7.45. The molecule has 0 heterocycles. The molecule has 1 aromatic rings. The van der Waals surface area contributed by atoms with Gasteiger partial charge in [-0.25, -0.2) is 0 Å². The molecule has 1 fully saturated rings. The summed E-state index contributed by atoms with van der Waals surface area (Å²) < 4.78 is 0. The number of carbonyl (C=O) groups excluding carboxylic acids is 1. The molecule has 0 atom stereocenters. The lowest BCUT2D eigenvalue weighted by atomic mass is 9.96. The lowest BCUT2D eigenvalue weighted by molar-refractivity contribution is -0.115. The normalized spacial score (nSPS) is 17.1. The molecular weight excluding hydrogens is 286 g/mol. The molecule has 1 amide bonds. The van der Waals surface area contributed by atoms with Crippen LogP contribution in [0.25, 0.3) is 0 Å². The summed E-state index contributed by atoms with van der Waals surface area (Å²) in [5.41, 5.74) is 0.938.